The van der Waals surface area contributed by atoms with Gasteiger partial charge in [-0.25, -0.2) is 4.39 Å². The van der Waals surface area contributed by atoms with Crippen molar-refractivity contribution >= 4 is 29.1 Å². The molecule has 0 saturated carbocycles. The molecule has 29 heavy (non-hydrogen) atoms. The molecule has 0 aliphatic carbocycles. The lowest BCUT2D eigenvalue weighted by Gasteiger charge is -2.18. The first kappa shape index (κ1) is 21.3. The van der Waals surface area contributed by atoms with Gasteiger partial charge in [0.25, 0.3) is 0 Å². The Bertz CT molecular complexity index is 862. The molecule has 5 nitrogen and oxygen atoms in total. The van der Waals surface area contributed by atoms with Crippen LogP contribution in [0.4, 0.5) is 10.1 Å². The first-order chi connectivity index (χ1) is 13.9. The number of carbonyl (C=O) groups is 2. The lowest BCUT2D eigenvalue weighted by molar-refractivity contribution is -0.126. The molecule has 7 heteroatoms. The number of hydrogen-bond acceptors (Lipinski definition) is 3. The molecule has 2 aromatic rings. The van der Waals surface area contributed by atoms with Crippen LogP contribution in [0.1, 0.15) is 18.4 Å². The van der Waals surface area contributed by atoms with Crippen molar-refractivity contribution < 1.29 is 14.0 Å². The third kappa shape index (κ3) is 5.78. The summed E-state index contributed by atoms with van der Waals surface area (Å²) in [6, 6.07) is 14.4. The normalized spacial score (nSPS) is 16.5. The zero-order valence-electron chi connectivity index (χ0n) is 16.4. The van der Waals surface area contributed by atoms with Crippen LogP contribution in [0.5, 0.6) is 0 Å². The molecule has 0 unspecified atom stereocenters. The van der Waals surface area contributed by atoms with Gasteiger partial charge in [-0.3, -0.25) is 9.59 Å². The molecule has 1 heterocycles. The average molecular weight is 418 g/mol. The molecule has 2 amide bonds. The van der Waals surface area contributed by atoms with Crippen LogP contribution in [0.3, 0.4) is 0 Å². The molecule has 2 aromatic carbocycles. The van der Waals surface area contributed by atoms with Gasteiger partial charge < -0.3 is 15.1 Å². The number of hydrogen-bond donors (Lipinski definition) is 1. The van der Waals surface area contributed by atoms with Gasteiger partial charge in [-0.15, -0.1) is 0 Å². The standard InChI is InChI=1S/C22H25ClFN3O2/c1-26(14-16-6-3-2-4-7-16)11-5-10-25-22(29)17-12-21(28)27(15-17)18-8-9-20(24)19(23)13-18/h2-4,6-9,13,17H,5,10-12,14-15H2,1H3,(H,25,29)/t17-/m1/s1. The van der Waals surface area contributed by atoms with E-state index in [9.17, 15) is 14.0 Å². The van der Waals surface area contributed by atoms with Crippen LogP contribution in [-0.4, -0.2) is 43.4 Å². The number of benzene rings is 2. The van der Waals surface area contributed by atoms with Gasteiger partial charge in [0.05, 0.1) is 10.9 Å². The Kier molecular flexibility index (Phi) is 7.23. The molecule has 1 fully saturated rings. The fourth-order valence-corrected chi connectivity index (χ4v) is 3.64. The number of rotatable bonds is 8. The van der Waals surface area contributed by atoms with Crippen molar-refractivity contribution in [3.63, 3.8) is 0 Å². The topological polar surface area (TPSA) is 52.7 Å². The zero-order chi connectivity index (χ0) is 20.8. The fraction of sp³-hybridized carbons (Fsp3) is 0.364. The SMILES string of the molecule is CN(CCCNC(=O)[C@@H]1CC(=O)N(c2ccc(F)c(Cl)c2)C1)Cc1ccccc1. The molecule has 0 spiro atoms. The molecule has 0 aromatic heterocycles. The third-order valence-corrected chi connectivity index (χ3v) is 5.31. The quantitative estimate of drug-likeness (QED) is 0.669. The summed E-state index contributed by atoms with van der Waals surface area (Å²) in [6.07, 6.45) is 0.974. The number of anilines is 1. The Morgan fingerprint density at radius 1 is 1.28 bits per heavy atom. The van der Waals surface area contributed by atoms with Gasteiger partial charge in [-0.05, 0) is 43.8 Å². The zero-order valence-corrected chi connectivity index (χ0v) is 17.2. The van der Waals surface area contributed by atoms with Gasteiger partial charge in [0.2, 0.25) is 11.8 Å². The number of nitrogens with zero attached hydrogens (tertiary/aromatic N) is 2. The van der Waals surface area contributed by atoms with Gasteiger partial charge in [0.15, 0.2) is 0 Å². The van der Waals surface area contributed by atoms with Crippen LogP contribution in [0.15, 0.2) is 48.5 Å². The minimum Gasteiger partial charge on any atom is -0.356 e. The van der Waals surface area contributed by atoms with Crippen molar-refractivity contribution in [1.29, 1.82) is 0 Å². The predicted octanol–water partition coefficient (Wildman–Crippen LogP) is 3.47. The molecule has 1 atom stereocenters. The lowest BCUT2D eigenvalue weighted by Crippen LogP contribution is -2.34. The maximum absolute atomic E-state index is 13.3. The first-order valence-electron chi connectivity index (χ1n) is 9.69. The van der Waals surface area contributed by atoms with Gasteiger partial charge in [-0.2, -0.15) is 0 Å². The van der Waals surface area contributed by atoms with E-state index in [1.807, 2.05) is 18.2 Å². The summed E-state index contributed by atoms with van der Waals surface area (Å²) in [5.41, 5.74) is 1.77. The van der Waals surface area contributed by atoms with Crippen molar-refractivity contribution in [2.45, 2.75) is 19.4 Å². The molecule has 3 rings (SSSR count). The van der Waals surface area contributed by atoms with E-state index in [0.717, 1.165) is 19.5 Å². The highest BCUT2D eigenvalue weighted by Gasteiger charge is 2.35. The van der Waals surface area contributed by atoms with Crippen molar-refractivity contribution in [2.24, 2.45) is 5.92 Å². The molecule has 0 radical (unpaired) electrons. The molecule has 0 bridgehead atoms. The highest BCUT2D eigenvalue weighted by Crippen LogP contribution is 2.28. The van der Waals surface area contributed by atoms with Crippen molar-refractivity contribution in [1.82, 2.24) is 10.2 Å². The maximum Gasteiger partial charge on any atom is 0.227 e. The van der Waals surface area contributed by atoms with E-state index in [0.29, 0.717) is 12.2 Å². The Morgan fingerprint density at radius 2 is 2.03 bits per heavy atom. The number of nitrogens with one attached hydrogen (secondary N) is 1. The second kappa shape index (κ2) is 9.85. The minimum absolute atomic E-state index is 0.0391. The highest BCUT2D eigenvalue weighted by atomic mass is 35.5. The van der Waals surface area contributed by atoms with Gasteiger partial charge in [-0.1, -0.05) is 41.9 Å². The summed E-state index contributed by atoms with van der Waals surface area (Å²) in [4.78, 5) is 28.4. The second-order valence-corrected chi connectivity index (χ2v) is 7.78. The Labute approximate surface area is 175 Å². The van der Waals surface area contributed by atoms with E-state index in [2.05, 4.69) is 29.4 Å². The molecular weight excluding hydrogens is 393 g/mol. The van der Waals surface area contributed by atoms with Gasteiger partial charge in [0, 0.05) is 31.7 Å². The molecular formula is C22H25ClFN3O2. The van der Waals surface area contributed by atoms with E-state index in [1.54, 1.807) is 0 Å². The predicted molar refractivity (Wildman–Crippen MR) is 112 cm³/mol. The summed E-state index contributed by atoms with van der Waals surface area (Å²) < 4.78 is 13.3. The van der Waals surface area contributed by atoms with Crippen LogP contribution in [-0.2, 0) is 16.1 Å². The maximum atomic E-state index is 13.3. The molecule has 1 aliphatic heterocycles. The highest BCUT2D eigenvalue weighted by molar-refractivity contribution is 6.31. The average Bonchev–Trinajstić information content (AvgIpc) is 3.10. The summed E-state index contributed by atoms with van der Waals surface area (Å²) in [5, 5.41) is 2.89. The van der Waals surface area contributed by atoms with Crippen LogP contribution in [0, 0.1) is 11.7 Å². The van der Waals surface area contributed by atoms with Crippen LogP contribution >= 0.6 is 11.6 Å². The molecule has 1 aliphatic rings. The van der Waals surface area contributed by atoms with Gasteiger partial charge >= 0.3 is 0 Å². The van der Waals surface area contributed by atoms with Crippen molar-refractivity contribution in [2.75, 3.05) is 31.6 Å². The smallest absolute Gasteiger partial charge is 0.227 e. The van der Waals surface area contributed by atoms with E-state index in [1.165, 1.54) is 28.7 Å². The minimum atomic E-state index is -0.534. The number of carbonyl (C=O) groups excluding carboxylic acids is 2. The Balaban J connectivity index is 1.42. The monoisotopic (exact) mass is 417 g/mol. The lowest BCUT2D eigenvalue weighted by atomic mass is 10.1. The van der Waals surface area contributed by atoms with Gasteiger partial charge in [0.1, 0.15) is 5.82 Å². The Morgan fingerprint density at radius 3 is 2.76 bits per heavy atom. The summed E-state index contributed by atoms with van der Waals surface area (Å²) in [5.74, 6) is -1.22. The molecule has 1 saturated heterocycles. The largest absolute Gasteiger partial charge is 0.356 e. The van der Waals surface area contributed by atoms with E-state index >= 15 is 0 Å². The Hall–Kier alpha value is -2.44. The fourth-order valence-electron chi connectivity index (χ4n) is 3.46. The van der Waals surface area contributed by atoms with Crippen LogP contribution in [0.25, 0.3) is 0 Å². The van der Waals surface area contributed by atoms with Crippen LogP contribution in [0.2, 0.25) is 5.02 Å². The van der Waals surface area contributed by atoms with E-state index < -0.39 is 11.7 Å². The second-order valence-electron chi connectivity index (χ2n) is 7.37. The summed E-state index contributed by atoms with van der Waals surface area (Å²) in [7, 11) is 2.05. The van der Waals surface area contributed by atoms with E-state index in [4.69, 9.17) is 11.6 Å². The van der Waals surface area contributed by atoms with Crippen molar-refractivity contribution in [3.05, 3.63) is 64.9 Å². The van der Waals surface area contributed by atoms with Crippen molar-refractivity contribution in [3.8, 4) is 0 Å². The summed E-state index contributed by atoms with van der Waals surface area (Å²) in [6.45, 7) is 2.56. The molecule has 1 N–H and O–H groups in total. The third-order valence-electron chi connectivity index (χ3n) is 5.02. The summed E-state index contributed by atoms with van der Waals surface area (Å²) >= 11 is 5.80. The molecule has 154 valence electrons. The van der Waals surface area contributed by atoms with Crippen LogP contribution < -0.4 is 10.2 Å². The number of amides is 2. The first-order valence-corrected chi connectivity index (χ1v) is 10.1. The van der Waals surface area contributed by atoms with E-state index in [-0.39, 0.29) is 29.8 Å². The number of halogens is 2.